The van der Waals surface area contributed by atoms with E-state index in [0.717, 1.165) is 24.2 Å². The number of hydrogen-bond donors (Lipinski definition) is 6. The molecule has 15 nitrogen and oxygen atoms in total. The van der Waals surface area contributed by atoms with Crippen molar-refractivity contribution in [2.45, 2.75) is 51.0 Å². The zero-order valence-electron chi connectivity index (χ0n) is 25.1. The van der Waals surface area contributed by atoms with E-state index in [1.807, 2.05) is 62.4 Å². The van der Waals surface area contributed by atoms with Crippen LogP contribution in [0.2, 0.25) is 0 Å². The number of carbonyl (C=O) groups is 4. The van der Waals surface area contributed by atoms with Crippen molar-refractivity contribution in [3.05, 3.63) is 47.8 Å². The van der Waals surface area contributed by atoms with E-state index in [-0.39, 0.29) is 18.0 Å². The molecule has 1 heterocycles. The first-order valence-corrected chi connectivity index (χ1v) is 12.6. The maximum absolute atomic E-state index is 12.0. The van der Waals surface area contributed by atoms with Crippen LogP contribution >= 0.6 is 0 Å². The van der Waals surface area contributed by atoms with Gasteiger partial charge in [0.05, 0.1) is 11.7 Å². The third kappa shape index (κ3) is 23.2. The first kappa shape index (κ1) is 45.0. The number of carboxylic acids is 3. The highest BCUT2D eigenvalue weighted by molar-refractivity contribution is 5.95. The van der Waals surface area contributed by atoms with Crippen LogP contribution in [-0.4, -0.2) is 104 Å². The highest BCUT2D eigenvalue weighted by Crippen LogP contribution is 2.14. The summed E-state index contributed by atoms with van der Waals surface area (Å²) in [5.41, 5.74) is 7.71. The summed E-state index contributed by atoms with van der Waals surface area (Å²) in [7, 11) is 3.97. The number of rotatable bonds is 8. The number of aryl methyl sites for hydroxylation is 1. The smallest absolute Gasteiger partial charge is 0.475 e. The van der Waals surface area contributed by atoms with E-state index in [0.29, 0.717) is 13.1 Å². The molecule has 24 heteroatoms. The topological polar surface area (TPSA) is 225 Å². The van der Waals surface area contributed by atoms with Gasteiger partial charge in [-0.25, -0.2) is 19.2 Å². The SMILES string of the molecule is C[C@@H](NC(=O)NC(N)=NCCCn1cc(CN(C)C)nn1)c1ccccc1.O=C(O)C(F)(F)F.O=C(O)C(F)(F)F.O=C(O)C(F)(F)F. The molecular formula is C24H31F9N8O7. The first-order valence-electron chi connectivity index (χ1n) is 12.6. The van der Waals surface area contributed by atoms with Crippen molar-refractivity contribution in [1.82, 2.24) is 30.5 Å². The van der Waals surface area contributed by atoms with Gasteiger partial charge in [0.2, 0.25) is 0 Å². The normalized spacial score (nSPS) is 12.1. The largest absolute Gasteiger partial charge is 0.490 e. The lowest BCUT2D eigenvalue weighted by atomic mass is 10.1. The number of aromatic nitrogens is 3. The Balaban J connectivity index is 0. The third-order valence-corrected chi connectivity index (χ3v) is 4.51. The molecule has 0 unspecified atom stereocenters. The Morgan fingerprint density at radius 2 is 1.33 bits per heavy atom. The number of alkyl halides is 9. The van der Waals surface area contributed by atoms with Crippen LogP contribution < -0.4 is 16.4 Å². The van der Waals surface area contributed by atoms with Crippen molar-refractivity contribution in [3.63, 3.8) is 0 Å². The summed E-state index contributed by atoms with van der Waals surface area (Å²) < 4.78 is 97.0. The van der Waals surface area contributed by atoms with Crippen LogP contribution in [0, 0.1) is 0 Å². The Hall–Kier alpha value is -5.16. The number of guanidine groups is 1. The molecule has 7 N–H and O–H groups in total. The predicted octanol–water partition coefficient (Wildman–Crippen LogP) is 3.00. The fourth-order valence-electron chi connectivity index (χ4n) is 2.49. The van der Waals surface area contributed by atoms with Gasteiger partial charge in [-0.3, -0.25) is 15.0 Å². The van der Waals surface area contributed by atoms with E-state index in [9.17, 15) is 44.3 Å². The molecule has 0 spiro atoms. The third-order valence-electron chi connectivity index (χ3n) is 4.51. The van der Waals surface area contributed by atoms with Crippen molar-refractivity contribution in [2.75, 3.05) is 20.6 Å². The number of nitrogens with two attached hydrogens (primary N) is 1. The van der Waals surface area contributed by atoms with Crippen LogP contribution in [0.3, 0.4) is 0 Å². The van der Waals surface area contributed by atoms with Gasteiger partial charge < -0.3 is 31.3 Å². The van der Waals surface area contributed by atoms with Crippen LogP contribution in [0.25, 0.3) is 0 Å². The second-order valence-electron chi connectivity index (χ2n) is 8.97. The molecule has 2 amide bonds. The number of benzene rings is 1. The fraction of sp³-hybridized carbons (Fsp3) is 0.458. The minimum Gasteiger partial charge on any atom is -0.475 e. The highest BCUT2D eigenvalue weighted by Gasteiger charge is 2.39. The van der Waals surface area contributed by atoms with Crippen molar-refractivity contribution in [2.24, 2.45) is 10.7 Å². The Labute approximate surface area is 265 Å². The Morgan fingerprint density at radius 3 is 1.73 bits per heavy atom. The van der Waals surface area contributed by atoms with E-state index in [1.165, 1.54) is 0 Å². The molecule has 0 fully saturated rings. The van der Waals surface area contributed by atoms with Crippen molar-refractivity contribution in [3.8, 4) is 0 Å². The summed E-state index contributed by atoms with van der Waals surface area (Å²) in [5.74, 6) is -8.17. The molecule has 272 valence electrons. The number of halogens is 9. The van der Waals surface area contributed by atoms with E-state index in [1.54, 1.807) is 4.68 Å². The lowest BCUT2D eigenvalue weighted by Gasteiger charge is -2.14. The summed E-state index contributed by atoms with van der Waals surface area (Å²) in [5, 5.41) is 34.9. The number of carbonyl (C=O) groups excluding carboxylic acids is 1. The average Bonchev–Trinajstić information content (AvgIpc) is 3.37. The molecule has 0 aliphatic heterocycles. The zero-order chi connectivity index (χ0) is 37.9. The number of nitrogens with zero attached hydrogens (tertiary/aromatic N) is 5. The monoisotopic (exact) mass is 714 g/mol. The lowest BCUT2D eigenvalue weighted by molar-refractivity contribution is -0.193. The molecule has 0 saturated carbocycles. The molecule has 2 aromatic rings. The summed E-state index contributed by atoms with van der Waals surface area (Å²) in [6.07, 6.45) is -12.6. The summed E-state index contributed by atoms with van der Waals surface area (Å²) in [4.78, 5) is 44.9. The first-order chi connectivity index (χ1) is 21.8. The quantitative estimate of drug-likeness (QED) is 0.101. The van der Waals surface area contributed by atoms with Gasteiger partial charge in [-0.2, -0.15) is 39.5 Å². The Morgan fingerprint density at radius 1 is 0.896 bits per heavy atom. The van der Waals surface area contributed by atoms with Gasteiger partial charge in [-0.1, -0.05) is 35.5 Å². The fourth-order valence-corrected chi connectivity index (χ4v) is 2.49. The zero-order valence-corrected chi connectivity index (χ0v) is 25.1. The molecule has 0 aliphatic carbocycles. The maximum Gasteiger partial charge on any atom is 0.490 e. The second kappa shape index (κ2) is 20.9. The maximum atomic E-state index is 12.0. The predicted molar refractivity (Wildman–Crippen MR) is 146 cm³/mol. The van der Waals surface area contributed by atoms with Crippen LogP contribution in [0.4, 0.5) is 44.3 Å². The molecule has 48 heavy (non-hydrogen) atoms. The van der Waals surface area contributed by atoms with E-state index < -0.39 is 36.4 Å². The number of hydrogen-bond acceptors (Lipinski definition) is 8. The number of aliphatic carboxylic acids is 3. The van der Waals surface area contributed by atoms with Crippen LogP contribution in [0.1, 0.15) is 30.6 Å². The molecule has 0 aliphatic rings. The van der Waals surface area contributed by atoms with Gasteiger partial charge in [-0.15, -0.1) is 5.10 Å². The van der Waals surface area contributed by atoms with Gasteiger partial charge in [0.25, 0.3) is 0 Å². The van der Waals surface area contributed by atoms with Crippen molar-refractivity contribution < 1.29 is 74.0 Å². The molecular weight excluding hydrogens is 683 g/mol. The number of aliphatic imine (C=N–C) groups is 1. The molecule has 1 aromatic carbocycles. The summed E-state index contributed by atoms with van der Waals surface area (Å²) in [6, 6.07) is 9.20. The summed E-state index contributed by atoms with van der Waals surface area (Å²) in [6.45, 7) is 3.84. The van der Waals surface area contributed by atoms with Crippen LogP contribution in [0.15, 0.2) is 41.5 Å². The minimum absolute atomic E-state index is 0.0969. The van der Waals surface area contributed by atoms with E-state index in [2.05, 4.69) is 25.9 Å². The van der Waals surface area contributed by atoms with Crippen LogP contribution in [0.5, 0.6) is 0 Å². The van der Waals surface area contributed by atoms with Gasteiger partial charge in [0.15, 0.2) is 5.96 Å². The standard InChI is InChI=1S/C18H28N8O.3C2HF3O2/c1-14(15-8-5-4-6-9-15)21-18(27)22-17(19)20-10-7-11-26-13-16(23-24-26)12-25(2)3;3*3-2(4,5)1(6)7/h4-6,8-9,13-14H,7,10-12H2,1-3H3,(H4,19,20,21,22,27);3*(H,6,7)/t14-;;;/m1.../s1. The Kier molecular flexibility index (Phi) is 19.5. The Bertz CT molecular complexity index is 1260. The lowest BCUT2D eigenvalue weighted by Crippen LogP contribution is -2.44. The molecule has 1 atom stereocenters. The van der Waals surface area contributed by atoms with Gasteiger partial charge in [0.1, 0.15) is 0 Å². The van der Waals surface area contributed by atoms with E-state index >= 15 is 0 Å². The molecule has 0 saturated heterocycles. The number of nitrogens with one attached hydrogen (secondary N) is 2. The van der Waals surface area contributed by atoms with Gasteiger partial charge >= 0.3 is 42.5 Å². The van der Waals surface area contributed by atoms with E-state index in [4.69, 9.17) is 35.4 Å². The molecule has 2 rings (SSSR count). The molecule has 1 aromatic heterocycles. The van der Waals surface area contributed by atoms with Crippen LogP contribution in [-0.2, 0) is 27.5 Å². The number of amides is 2. The average molecular weight is 715 g/mol. The molecule has 0 radical (unpaired) electrons. The van der Waals surface area contributed by atoms with Gasteiger partial charge in [-0.05, 0) is 33.0 Å². The number of urea groups is 1. The number of carboxylic acid groups (broad SMARTS) is 3. The summed E-state index contributed by atoms with van der Waals surface area (Å²) >= 11 is 0. The van der Waals surface area contributed by atoms with Gasteiger partial charge in [0, 0.05) is 25.8 Å². The highest BCUT2D eigenvalue weighted by atomic mass is 19.4. The minimum atomic E-state index is -5.08. The van der Waals surface area contributed by atoms with Crippen molar-refractivity contribution in [1.29, 1.82) is 0 Å². The second-order valence-corrected chi connectivity index (χ2v) is 8.97. The molecule has 0 bridgehead atoms. The van der Waals surface area contributed by atoms with Crippen molar-refractivity contribution >= 4 is 29.9 Å².